The van der Waals surface area contributed by atoms with Crippen LogP contribution in [0.3, 0.4) is 0 Å². The average Bonchev–Trinajstić information content (AvgIpc) is 3.16. The summed E-state index contributed by atoms with van der Waals surface area (Å²) in [5.41, 5.74) is -1.62. The number of rotatable bonds is 6. The van der Waals surface area contributed by atoms with E-state index in [-0.39, 0.29) is 30.8 Å². The molecular weight excluding hydrogens is 326 g/mol. The van der Waals surface area contributed by atoms with E-state index in [0.29, 0.717) is 19.3 Å². The quantitative estimate of drug-likeness (QED) is 0.531. The Bertz CT molecular complexity index is 650. The van der Waals surface area contributed by atoms with Gasteiger partial charge in [-0.2, -0.15) is 5.26 Å². The molecular formula is C18H23NO6. The van der Waals surface area contributed by atoms with Crippen LogP contribution in [-0.4, -0.2) is 36.7 Å². The molecule has 2 aliphatic carbocycles. The molecule has 2 bridgehead atoms. The molecule has 0 radical (unpaired) electrons. The molecule has 0 amide bonds. The molecule has 2 saturated carbocycles. The van der Waals surface area contributed by atoms with E-state index in [1.165, 1.54) is 0 Å². The van der Waals surface area contributed by atoms with Gasteiger partial charge in [0.2, 0.25) is 0 Å². The van der Waals surface area contributed by atoms with Crippen LogP contribution in [0.2, 0.25) is 0 Å². The number of fused-ring (bicyclic) bond motifs is 1. The van der Waals surface area contributed by atoms with Crippen LogP contribution < -0.4 is 0 Å². The number of hydrogen-bond donors (Lipinski definition) is 0. The molecule has 136 valence electrons. The minimum atomic E-state index is -1.04. The van der Waals surface area contributed by atoms with Crippen molar-refractivity contribution in [1.82, 2.24) is 0 Å². The van der Waals surface area contributed by atoms with Crippen molar-refractivity contribution in [2.45, 2.75) is 58.7 Å². The van der Waals surface area contributed by atoms with Crippen molar-refractivity contribution in [2.75, 3.05) is 6.61 Å². The molecule has 0 spiro atoms. The third-order valence-electron chi connectivity index (χ3n) is 6.01. The topological polar surface area (TPSA) is 103 Å². The van der Waals surface area contributed by atoms with Gasteiger partial charge in [0.15, 0.2) is 5.41 Å². The molecule has 3 fully saturated rings. The highest BCUT2D eigenvalue weighted by Crippen LogP contribution is 2.62. The summed E-state index contributed by atoms with van der Waals surface area (Å²) in [6.45, 7) is 5.45. The SMILES string of the molecule is CCC(C)(C)C(=O)OCCC(=O)OC1C2CC3C1OC(=O)C3(C#N)C2. The first-order valence-electron chi connectivity index (χ1n) is 8.74. The van der Waals surface area contributed by atoms with Crippen LogP contribution in [0.4, 0.5) is 0 Å². The molecule has 5 atom stereocenters. The van der Waals surface area contributed by atoms with Crippen LogP contribution >= 0.6 is 0 Å². The number of nitriles is 1. The highest BCUT2D eigenvalue weighted by atomic mass is 16.6. The van der Waals surface area contributed by atoms with Crippen molar-refractivity contribution >= 4 is 17.9 Å². The lowest BCUT2D eigenvalue weighted by molar-refractivity contribution is -0.165. The molecule has 3 aliphatic rings. The number of esters is 3. The van der Waals surface area contributed by atoms with Crippen LogP contribution in [0.5, 0.6) is 0 Å². The standard InChI is InChI=1S/C18H23NO6/c1-4-17(2,3)15(21)23-6-5-12(20)24-13-10-7-11-14(13)25-16(22)18(11,8-10)9-19/h10-11,13-14H,4-8H2,1-3H3. The van der Waals surface area contributed by atoms with Gasteiger partial charge in [0.05, 0.1) is 17.9 Å². The fraction of sp³-hybridized carbons (Fsp3) is 0.778. The fourth-order valence-corrected chi connectivity index (χ4v) is 4.07. The molecule has 1 aliphatic heterocycles. The van der Waals surface area contributed by atoms with E-state index >= 15 is 0 Å². The van der Waals surface area contributed by atoms with Crippen LogP contribution in [0.25, 0.3) is 0 Å². The molecule has 0 aromatic rings. The van der Waals surface area contributed by atoms with Gasteiger partial charge in [-0.1, -0.05) is 6.92 Å². The highest BCUT2D eigenvalue weighted by molar-refractivity contribution is 5.84. The number of hydrogen-bond acceptors (Lipinski definition) is 7. The van der Waals surface area contributed by atoms with Crippen molar-refractivity contribution in [3.63, 3.8) is 0 Å². The molecule has 7 heteroatoms. The monoisotopic (exact) mass is 349 g/mol. The normalized spacial score (nSPS) is 35.2. The van der Waals surface area contributed by atoms with E-state index in [1.54, 1.807) is 13.8 Å². The van der Waals surface area contributed by atoms with Gasteiger partial charge in [0.1, 0.15) is 18.8 Å². The summed E-state index contributed by atoms with van der Waals surface area (Å²) in [6.07, 6.45) is 0.658. The van der Waals surface area contributed by atoms with Crippen molar-refractivity contribution in [1.29, 1.82) is 5.26 Å². The van der Waals surface area contributed by atoms with E-state index in [4.69, 9.17) is 14.2 Å². The minimum absolute atomic E-state index is 0.0216. The molecule has 3 rings (SSSR count). The Morgan fingerprint density at radius 2 is 2.16 bits per heavy atom. The largest absolute Gasteiger partial charge is 0.465 e. The van der Waals surface area contributed by atoms with Crippen LogP contribution in [-0.2, 0) is 28.6 Å². The van der Waals surface area contributed by atoms with Crippen molar-refractivity contribution in [3.8, 4) is 6.07 Å². The molecule has 7 nitrogen and oxygen atoms in total. The molecule has 0 N–H and O–H groups in total. The third kappa shape index (κ3) is 2.68. The molecule has 0 aromatic carbocycles. The Kier molecular flexibility index (Phi) is 4.26. The van der Waals surface area contributed by atoms with Gasteiger partial charge < -0.3 is 14.2 Å². The molecule has 25 heavy (non-hydrogen) atoms. The number of carbonyl (C=O) groups is 3. The van der Waals surface area contributed by atoms with Gasteiger partial charge in [-0.3, -0.25) is 14.4 Å². The maximum absolute atomic E-state index is 12.1. The third-order valence-corrected chi connectivity index (χ3v) is 6.01. The van der Waals surface area contributed by atoms with Crippen molar-refractivity contribution < 1.29 is 28.6 Å². The van der Waals surface area contributed by atoms with E-state index in [1.807, 2.05) is 6.92 Å². The number of nitrogens with zero attached hydrogens (tertiary/aromatic N) is 1. The lowest BCUT2D eigenvalue weighted by atomic mass is 9.75. The van der Waals surface area contributed by atoms with Gasteiger partial charge in [0.25, 0.3) is 0 Å². The maximum Gasteiger partial charge on any atom is 0.327 e. The Balaban J connectivity index is 1.50. The van der Waals surface area contributed by atoms with Gasteiger partial charge in [-0.25, -0.2) is 0 Å². The van der Waals surface area contributed by atoms with Gasteiger partial charge in [-0.15, -0.1) is 0 Å². The molecule has 0 aromatic heterocycles. The smallest absolute Gasteiger partial charge is 0.327 e. The van der Waals surface area contributed by atoms with Gasteiger partial charge in [-0.05, 0) is 33.1 Å². The minimum Gasteiger partial charge on any atom is -0.465 e. The second-order valence-electron chi connectivity index (χ2n) is 7.84. The zero-order chi connectivity index (χ0) is 18.4. The summed E-state index contributed by atoms with van der Waals surface area (Å²) in [7, 11) is 0. The van der Waals surface area contributed by atoms with Gasteiger partial charge >= 0.3 is 17.9 Å². The van der Waals surface area contributed by atoms with Crippen LogP contribution in [0.15, 0.2) is 0 Å². The van der Waals surface area contributed by atoms with E-state index < -0.39 is 35.0 Å². The zero-order valence-corrected chi connectivity index (χ0v) is 14.7. The molecule has 1 heterocycles. The lowest BCUT2D eigenvalue weighted by Crippen LogP contribution is -2.40. The lowest BCUT2D eigenvalue weighted by Gasteiger charge is -2.27. The fourth-order valence-electron chi connectivity index (χ4n) is 4.07. The van der Waals surface area contributed by atoms with E-state index in [2.05, 4.69) is 6.07 Å². The number of carbonyl (C=O) groups excluding carboxylic acids is 3. The first-order chi connectivity index (χ1) is 11.7. The highest BCUT2D eigenvalue weighted by Gasteiger charge is 2.72. The van der Waals surface area contributed by atoms with Gasteiger partial charge in [0, 0.05) is 11.8 Å². The van der Waals surface area contributed by atoms with Crippen molar-refractivity contribution in [3.05, 3.63) is 0 Å². The first-order valence-corrected chi connectivity index (χ1v) is 8.74. The summed E-state index contributed by atoms with van der Waals surface area (Å²) in [5.74, 6) is -1.51. The maximum atomic E-state index is 12.1. The Morgan fingerprint density at radius 3 is 2.80 bits per heavy atom. The number of ether oxygens (including phenoxy) is 3. The predicted octanol–water partition coefficient (Wildman–Crippen LogP) is 1.74. The first kappa shape index (κ1) is 17.7. The predicted molar refractivity (Wildman–Crippen MR) is 83.7 cm³/mol. The summed E-state index contributed by atoms with van der Waals surface area (Å²) in [5, 5.41) is 9.35. The second-order valence-corrected chi connectivity index (χ2v) is 7.84. The Hall–Kier alpha value is -2.10. The second kappa shape index (κ2) is 6.01. The Labute approximate surface area is 146 Å². The van der Waals surface area contributed by atoms with Crippen LogP contribution in [0, 0.1) is 34.0 Å². The average molecular weight is 349 g/mol. The van der Waals surface area contributed by atoms with E-state index in [9.17, 15) is 19.6 Å². The molecule has 1 saturated heterocycles. The summed E-state index contributed by atoms with van der Waals surface area (Å²) in [6, 6.07) is 2.12. The van der Waals surface area contributed by atoms with E-state index in [0.717, 1.165) is 0 Å². The summed E-state index contributed by atoms with van der Waals surface area (Å²) in [4.78, 5) is 35.9. The Morgan fingerprint density at radius 1 is 1.44 bits per heavy atom. The zero-order valence-electron chi connectivity index (χ0n) is 14.7. The molecule has 5 unspecified atom stereocenters. The van der Waals surface area contributed by atoms with Crippen molar-refractivity contribution in [2.24, 2.45) is 22.7 Å². The summed E-state index contributed by atoms with van der Waals surface area (Å²) >= 11 is 0. The summed E-state index contributed by atoms with van der Waals surface area (Å²) < 4.78 is 16.0. The van der Waals surface area contributed by atoms with Crippen LogP contribution in [0.1, 0.15) is 46.5 Å².